The summed E-state index contributed by atoms with van der Waals surface area (Å²) in [5.41, 5.74) is 5.40. The number of hydrogen-bond acceptors (Lipinski definition) is 8. The van der Waals surface area contributed by atoms with Crippen LogP contribution in [0.1, 0.15) is 232 Å². The van der Waals surface area contributed by atoms with Crippen molar-refractivity contribution >= 4 is 19.8 Å². The summed E-state index contributed by atoms with van der Waals surface area (Å²) in [6.45, 7) is 3.40. The Hall–Kier alpha value is -6.97. The number of rotatable bonds is 66. The number of unbranched alkanes of at least 4 members (excludes halogenated alkanes) is 7. The third-order valence-electron chi connectivity index (χ3n) is 14.3. The van der Waals surface area contributed by atoms with E-state index in [4.69, 9.17) is 24.3 Å². The van der Waals surface area contributed by atoms with Crippen molar-refractivity contribution in [3.05, 3.63) is 279 Å². The quantitative estimate of drug-likeness (QED) is 0.0264. The average Bonchev–Trinajstić information content (AvgIpc) is 1.19. The van der Waals surface area contributed by atoms with Crippen LogP contribution in [0, 0.1) is 0 Å². The molecule has 0 amide bonds. The molecule has 3 N–H and O–H groups in total. The van der Waals surface area contributed by atoms with Crippen molar-refractivity contribution in [2.24, 2.45) is 5.73 Å². The Bertz CT molecular complexity index is 2680. The number of allylic oxidation sites excluding steroid dienone is 46. The summed E-state index contributed by atoms with van der Waals surface area (Å²) in [5.74, 6) is -0.921. The van der Waals surface area contributed by atoms with Crippen LogP contribution in [0.15, 0.2) is 279 Å². The van der Waals surface area contributed by atoms with E-state index in [1.54, 1.807) is 0 Å². The van der Waals surface area contributed by atoms with E-state index in [-0.39, 0.29) is 32.6 Å². The summed E-state index contributed by atoms with van der Waals surface area (Å²) in [7, 11) is -4.43. The number of esters is 2. The summed E-state index contributed by atoms with van der Waals surface area (Å²) in [5, 5.41) is 0. The molecule has 0 bridgehead atoms. The predicted molar refractivity (Wildman–Crippen MR) is 430 cm³/mol. The highest BCUT2D eigenvalue weighted by Crippen LogP contribution is 2.43. The molecule has 0 aromatic rings. The number of phosphoric ester groups is 1. The second-order valence-corrected chi connectivity index (χ2v) is 24.8. The Labute approximate surface area is 603 Å². The number of hydrogen-bond donors (Lipinski definition) is 2. The van der Waals surface area contributed by atoms with Crippen LogP contribution in [0.3, 0.4) is 0 Å². The number of nitrogens with two attached hydrogens (primary N) is 1. The van der Waals surface area contributed by atoms with E-state index in [0.717, 1.165) is 193 Å². The Morgan fingerprint density at radius 1 is 0.303 bits per heavy atom. The standard InChI is InChI=1S/C89H132NO8P/c1-3-5-7-9-11-13-15-17-19-21-23-25-27-29-31-33-35-37-39-41-42-43-44-46-48-50-52-54-56-58-60-62-64-66-68-70-72-74-76-78-80-82-89(92)98-87(86-97-99(93,94)96-84-83-90)85-95-88(91)81-79-77-75-73-71-69-67-65-63-61-59-57-55-53-51-49-47-45-40-38-36-34-32-30-28-26-24-22-20-18-16-14-12-10-8-6-4-2/h5-8,11-14,17-20,23-26,29-32,35-38,41-42,44-47,50-53,56-59,62-65,68-71,87H,3-4,9-10,15-16,21-22,27-28,33-34,39-40,43,48-49,54-55,60-61,66-67,72-86,90H2,1-2H3,(H,93,94)/b7-5-,8-6-,13-11-,14-12-,19-17-,20-18-,25-23-,26-24-,31-29-,32-30-,37-35-,38-36-,42-41-,46-44-,47-45-,52-50-,53-51-,58-56-,59-57-,64-62-,65-63-,70-68-,71-69-. The van der Waals surface area contributed by atoms with Gasteiger partial charge in [-0.05, 0) is 186 Å². The van der Waals surface area contributed by atoms with Gasteiger partial charge in [0, 0.05) is 19.4 Å². The van der Waals surface area contributed by atoms with Gasteiger partial charge in [-0.3, -0.25) is 18.6 Å². The van der Waals surface area contributed by atoms with Crippen LogP contribution in [0.2, 0.25) is 0 Å². The summed E-state index contributed by atoms with van der Waals surface area (Å²) >= 11 is 0. The molecule has 0 aliphatic rings. The molecule has 2 atom stereocenters. The molecule has 0 fully saturated rings. The van der Waals surface area contributed by atoms with Crippen LogP contribution in [-0.2, 0) is 32.7 Å². The topological polar surface area (TPSA) is 134 Å². The average molecular weight is 1380 g/mol. The molecular weight excluding hydrogens is 1240 g/mol. The molecule has 99 heavy (non-hydrogen) atoms. The molecule has 0 aliphatic heterocycles. The lowest BCUT2D eigenvalue weighted by Gasteiger charge is -2.19. The fourth-order valence-corrected chi connectivity index (χ4v) is 9.62. The molecule has 0 heterocycles. The fraction of sp³-hybridized carbons (Fsp3) is 0.461. The van der Waals surface area contributed by atoms with Gasteiger partial charge in [0.25, 0.3) is 0 Å². The summed E-state index contributed by atoms with van der Waals surface area (Å²) in [6.07, 6.45) is 132. The molecule has 0 spiro atoms. The smallest absolute Gasteiger partial charge is 0.462 e. The first-order chi connectivity index (χ1) is 48.8. The van der Waals surface area contributed by atoms with Gasteiger partial charge in [0.2, 0.25) is 0 Å². The van der Waals surface area contributed by atoms with Gasteiger partial charge in [-0.2, -0.15) is 0 Å². The van der Waals surface area contributed by atoms with Crippen molar-refractivity contribution in [2.45, 2.75) is 238 Å². The van der Waals surface area contributed by atoms with Crippen LogP contribution in [0.4, 0.5) is 0 Å². The SMILES string of the molecule is CC/C=C\C/C=C\C/C=C\C/C=C\C/C=C\C/C=C\C/C=C\C/C=C\C/C=C\C/C=C\C/C=C\C/C=C\CCCCCCC(=O)OC(COC(=O)CCCCC/C=C\C/C=C\C/C=C\C/C=C\C/C=C\C/C=C\C/C=C\C/C=C\C/C=C\C/C=C\C/C=C\CC)COP(=O)(O)OCCN. The van der Waals surface area contributed by atoms with E-state index < -0.39 is 32.5 Å². The molecule has 0 saturated carbocycles. The number of ether oxygens (including phenoxy) is 2. The van der Waals surface area contributed by atoms with Gasteiger partial charge in [-0.1, -0.05) is 313 Å². The van der Waals surface area contributed by atoms with Crippen LogP contribution in [0.25, 0.3) is 0 Å². The lowest BCUT2D eigenvalue weighted by molar-refractivity contribution is -0.161. The zero-order chi connectivity index (χ0) is 71.5. The van der Waals surface area contributed by atoms with E-state index in [1.165, 1.54) is 0 Å². The molecule has 10 heteroatoms. The first-order valence-electron chi connectivity index (χ1n) is 37.5. The van der Waals surface area contributed by atoms with Crippen molar-refractivity contribution in [2.75, 3.05) is 26.4 Å². The maximum Gasteiger partial charge on any atom is 0.472 e. The monoisotopic (exact) mass is 1370 g/mol. The van der Waals surface area contributed by atoms with Crippen molar-refractivity contribution in [1.29, 1.82) is 0 Å². The molecule has 0 rings (SSSR count). The van der Waals surface area contributed by atoms with Gasteiger partial charge < -0.3 is 20.1 Å². The van der Waals surface area contributed by atoms with Gasteiger partial charge in [-0.25, -0.2) is 4.57 Å². The maximum absolute atomic E-state index is 12.8. The second-order valence-electron chi connectivity index (χ2n) is 23.3. The molecule has 0 aromatic carbocycles. The minimum atomic E-state index is -4.43. The van der Waals surface area contributed by atoms with Crippen LogP contribution in [-0.4, -0.2) is 49.3 Å². The molecule has 9 nitrogen and oxygen atoms in total. The highest BCUT2D eigenvalue weighted by molar-refractivity contribution is 7.47. The Morgan fingerprint density at radius 2 is 0.525 bits per heavy atom. The van der Waals surface area contributed by atoms with Gasteiger partial charge in [0.1, 0.15) is 6.61 Å². The fourth-order valence-electron chi connectivity index (χ4n) is 8.86. The number of phosphoric acid groups is 1. The van der Waals surface area contributed by atoms with E-state index in [2.05, 4.69) is 293 Å². The molecule has 0 aliphatic carbocycles. The van der Waals surface area contributed by atoms with Crippen molar-refractivity contribution in [3.8, 4) is 0 Å². The minimum Gasteiger partial charge on any atom is -0.462 e. The molecular formula is C89H132NO8P. The second kappa shape index (κ2) is 80.0. The summed E-state index contributed by atoms with van der Waals surface area (Å²) in [4.78, 5) is 35.4. The van der Waals surface area contributed by atoms with Gasteiger partial charge in [0.05, 0.1) is 13.2 Å². The van der Waals surface area contributed by atoms with E-state index >= 15 is 0 Å². The number of carbonyl (C=O) groups excluding carboxylic acids is 2. The zero-order valence-corrected chi connectivity index (χ0v) is 62.2. The minimum absolute atomic E-state index is 0.0282. The van der Waals surface area contributed by atoms with Crippen molar-refractivity contribution in [1.82, 2.24) is 0 Å². The molecule has 0 aromatic heterocycles. The van der Waals surface area contributed by atoms with E-state index in [0.29, 0.717) is 12.8 Å². The van der Waals surface area contributed by atoms with E-state index in [9.17, 15) is 19.0 Å². The van der Waals surface area contributed by atoms with Gasteiger partial charge >= 0.3 is 19.8 Å². The zero-order valence-electron chi connectivity index (χ0n) is 61.3. The van der Waals surface area contributed by atoms with Gasteiger partial charge in [0.15, 0.2) is 6.10 Å². The summed E-state index contributed by atoms with van der Waals surface area (Å²) < 4.78 is 33.1. The number of carbonyl (C=O) groups is 2. The third kappa shape index (κ3) is 79.9. The predicted octanol–water partition coefficient (Wildman–Crippen LogP) is 25.6. The Morgan fingerprint density at radius 3 is 0.778 bits per heavy atom. The van der Waals surface area contributed by atoms with Crippen molar-refractivity contribution < 1.29 is 37.6 Å². The maximum atomic E-state index is 12.8. The van der Waals surface area contributed by atoms with Crippen molar-refractivity contribution in [3.63, 3.8) is 0 Å². The molecule has 0 radical (unpaired) electrons. The van der Waals surface area contributed by atoms with Crippen LogP contribution in [0.5, 0.6) is 0 Å². The first-order valence-corrected chi connectivity index (χ1v) is 39.0. The lowest BCUT2D eigenvalue weighted by atomic mass is 10.1. The summed E-state index contributed by atoms with van der Waals surface area (Å²) in [6, 6.07) is 0. The first kappa shape index (κ1) is 92.0. The molecule has 0 saturated heterocycles. The van der Waals surface area contributed by atoms with Crippen LogP contribution >= 0.6 is 7.82 Å². The third-order valence-corrected chi connectivity index (χ3v) is 15.3. The normalized spacial score (nSPS) is 14.5. The molecule has 2 unspecified atom stereocenters. The molecule has 546 valence electrons. The highest BCUT2D eigenvalue weighted by Gasteiger charge is 2.26. The van der Waals surface area contributed by atoms with Crippen LogP contribution < -0.4 is 5.73 Å². The highest BCUT2D eigenvalue weighted by atomic mass is 31.2. The Kier molecular flexibility index (Phi) is 74.4. The Balaban J connectivity index is 4.12. The van der Waals surface area contributed by atoms with Gasteiger partial charge in [-0.15, -0.1) is 0 Å². The lowest BCUT2D eigenvalue weighted by Crippen LogP contribution is -2.29. The van der Waals surface area contributed by atoms with E-state index in [1.807, 2.05) is 0 Å². The largest absolute Gasteiger partial charge is 0.472 e.